The number of carbonyl (C=O) groups is 1. The molecule has 1 rings (SSSR count). The van der Waals surface area contributed by atoms with E-state index in [0.29, 0.717) is 23.5 Å². The van der Waals surface area contributed by atoms with E-state index in [1.165, 1.54) is 0 Å². The summed E-state index contributed by atoms with van der Waals surface area (Å²) in [5.74, 6) is 0.461. The molecule has 19 heavy (non-hydrogen) atoms. The molecule has 2 N–H and O–H groups in total. The van der Waals surface area contributed by atoms with Gasteiger partial charge in [0.05, 0.1) is 18.4 Å². The molecule has 106 valence electrons. The summed E-state index contributed by atoms with van der Waals surface area (Å²) in [4.78, 5) is 16.1. The fourth-order valence-electron chi connectivity index (χ4n) is 1.84. The first-order valence-corrected chi connectivity index (χ1v) is 6.30. The van der Waals surface area contributed by atoms with E-state index < -0.39 is 0 Å². The minimum atomic E-state index is -0.0739. The Morgan fingerprint density at radius 2 is 1.95 bits per heavy atom. The van der Waals surface area contributed by atoms with Crippen molar-refractivity contribution in [1.82, 2.24) is 9.80 Å². The molecule has 0 unspecified atom stereocenters. The molecule has 0 saturated carbocycles. The molecule has 1 aromatic carbocycles. The Morgan fingerprint density at radius 1 is 1.26 bits per heavy atom. The summed E-state index contributed by atoms with van der Waals surface area (Å²) in [6.45, 7) is 1.65. The van der Waals surface area contributed by atoms with Crippen LogP contribution in [-0.2, 0) is 0 Å². The van der Waals surface area contributed by atoms with Crippen LogP contribution in [0.15, 0.2) is 18.2 Å². The third-order valence-electron chi connectivity index (χ3n) is 2.96. The average Bonchev–Trinajstić information content (AvgIpc) is 2.37. The van der Waals surface area contributed by atoms with Crippen molar-refractivity contribution in [3.05, 3.63) is 23.8 Å². The number of nitrogen functional groups attached to an aromatic ring is 1. The quantitative estimate of drug-likeness (QED) is 0.788. The van der Waals surface area contributed by atoms with Crippen molar-refractivity contribution in [2.24, 2.45) is 0 Å². The molecule has 0 aliphatic carbocycles. The Balaban J connectivity index is 2.71. The number of para-hydroxylation sites is 1. The van der Waals surface area contributed by atoms with Gasteiger partial charge in [0.1, 0.15) is 5.75 Å². The third kappa shape index (κ3) is 4.13. The maximum absolute atomic E-state index is 12.3. The Kier molecular flexibility index (Phi) is 5.63. The number of hydrogen-bond acceptors (Lipinski definition) is 4. The Bertz CT molecular complexity index is 433. The maximum atomic E-state index is 12.3. The maximum Gasteiger partial charge on any atom is 0.255 e. The number of nitrogens with two attached hydrogens (primary N) is 1. The van der Waals surface area contributed by atoms with Crippen molar-refractivity contribution < 1.29 is 9.53 Å². The molecule has 0 aromatic heterocycles. The van der Waals surface area contributed by atoms with Gasteiger partial charge in [-0.1, -0.05) is 6.07 Å². The molecular formula is C14H23N3O2. The number of ether oxygens (including phenoxy) is 1. The normalized spacial score (nSPS) is 10.6. The highest BCUT2D eigenvalue weighted by Gasteiger charge is 2.16. The lowest BCUT2D eigenvalue weighted by atomic mass is 10.1. The van der Waals surface area contributed by atoms with Crippen molar-refractivity contribution in [3.63, 3.8) is 0 Å². The lowest BCUT2D eigenvalue weighted by molar-refractivity contribution is 0.0791. The van der Waals surface area contributed by atoms with Crippen LogP contribution >= 0.6 is 0 Å². The zero-order valence-corrected chi connectivity index (χ0v) is 12.1. The van der Waals surface area contributed by atoms with E-state index in [-0.39, 0.29) is 5.91 Å². The van der Waals surface area contributed by atoms with Crippen molar-refractivity contribution in [1.29, 1.82) is 0 Å². The van der Waals surface area contributed by atoms with E-state index >= 15 is 0 Å². The fraction of sp³-hybridized carbons (Fsp3) is 0.500. The van der Waals surface area contributed by atoms with Gasteiger partial charge in [-0.2, -0.15) is 0 Å². The fourth-order valence-corrected chi connectivity index (χ4v) is 1.84. The molecule has 0 aliphatic heterocycles. The molecule has 0 saturated heterocycles. The van der Waals surface area contributed by atoms with Crippen molar-refractivity contribution >= 4 is 11.6 Å². The predicted octanol–water partition coefficient (Wildman–Crippen LogP) is 1.30. The largest absolute Gasteiger partial charge is 0.495 e. The van der Waals surface area contributed by atoms with Gasteiger partial charge in [0, 0.05) is 13.6 Å². The second kappa shape index (κ2) is 6.99. The smallest absolute Gasteiger partial charge is 0.255 e. The van der Waals surface area contributed by atoms with Crippen LogP contribution in [0.2, 0.25) is 0 Å². The molecule has 1 amide bonds. The van der Waals surface area contributed by atoms with Gasteiger partial charge in [-0.3, -0.25) is 4.79 Å². The highest BCUT2D eigenvalue weighted by molar-refractivity contribution is 6.00. The van der Waals surface area contributed by atoms with Crippen LogP contribution in [-0.4, -0.2) is 57.0 Å². The number of amides is 1. The van der Waals surface area contributed by atoms with E-state index in [1.54, 1.807) is 37.3 Å². The molecule has 0 aliphatic rings. The van der Waals surface area contributed by atoms with Crippen molar-refractivity contribution in [2.45, 2.75) is 6.42 Å². The second-order valence-electron chi connectivity index (χ2n) is 4.81. The Hall–Kier alpha value is -1.75. The zero-order valence-electron chi connectivity index (χ0n) is 12.1. The number of methoxy groups -OCH3 is 1. The predicted molar refractivity (Wildman–Crippen MR) is 77.5 cm³/mol. The zero-order chi connectivity index (χ0) is 14.4. The average molecular weight is 265 g/mol. The molecule has 0 radical (unpaired) electrons. The van der Waals surface area contributed by atoms with Gasteiger partial charge < -0.3 is 20.3 Å². The van der Waals surface area contributed by atoms with E-state index in [1.807, 2.05) is 14.1 Å². The molecule has 5 nitrogen and oxygen atoms in total. The van der Waals surface area contributed by atoms with Crippen LogP contribution in [0.4, 0.5) is 5.69 Å². The SMILES string of the molecule is COc1cccc(C(=O)N(C)CCCN(C)C)c1N. The van der Waals surface area contributed by atoms with Gasteiger partial charge in [-0.15, -0.1) is 0 Å². The number of hydrogen-bond donors (Lipinski definition) is 1. The topological polar surface area (TPSA) is 58.8 Å². The third-order valence-corrected chi connectivity index (χ3v) is 2.96. The highest BCUT2D eigenvalue weighted by Crippen LogP contribution is 2.25. The Morgan fingerprint density at radius 3 is 2.53 bits per heavy atom. The molecule has 0 spiro atoms. The van der Waals surface area contributed by atoms with Gasteiger partial charge in [0.25, 0.3) is 5.91 Å². The van der Waals surface area contributed by atoms with Crippen LogP contribution in [0.5, 0.6) is 5.75 Å². The number of anilines is 1. The van der Waals surface area contributed by atoms with E-state index in [9.17, 15) is 4.79 Å². The van der Waals surface area contributed by atoms with Crippen LogP contribution in [0, 0.1) is 0 Å². The van der Waals surface area contributed by atoms with Crippen LogP contribution in [0.25, 0.3) is 0 Å². The summed E-state index contributed by atoms with van der Waals surface area (Å²) in [6.07, 6.45) is 0.930. The highest BCUT2D eigenvalue weighted by atomic mass is 16.5. The van der Waals surface area contributed by atoms with Gasteiger partial charge in [0.15, 0.2) is 0 Å². The molecule has 0 atom stereocenters. The monoisotopic (exact) mass is 265 g/mol. The van der Waals surface area contributed by atoms with Gasteiger partial charge >= 0.3 is 0 Å². The summed E-state index contributed by atoms with van der Waals surface area (Å²) in [5, 5.41) is 0. The van der Waals surface area contributed by atoms with Gasteiger partial charge in [0.2, 0.25) is 0 Å². The van der Waals surface area contributed by atoms with Crippen LogP contribution < -0.4 is 10.5 Å². The molecule has 5 heteroatoms. The van der Waals surface area contributed by atoms with Crippen molar-refractivity contribution in [2.75, 3.05) is 47.1 Å². The minimum Gasteiger partial charge on any atom is -0.495 e. The van der Waals surface area contributed by atoms with Crippen molar-refractivity contribution in [3.8, 4) is 5.75 Å². The summed E-state index contributed by atoms with van der Waals surface area (Å²) in [6, 6.07) is 5.25. The number of benzene rings is 1. The van der Waals surface area contributed by atoms with Gasteiger partial charge in [-0.05, 0) is 39.2 Å². The van der Waals surface area contributed by atoms with Crippen LogP contribution in [0.1, 0.15) is 16.8 Å². The first-order valence-electron chi connectivity index (χ1n) is 6.30. The lowest BCUT2D eigenvalue weighted by Gasteiger charge is -2.20. The van der Waals surface area contributed by atoms with E-state index in [2.05, 4.69) is 4.90 Å². The lowest BCUT2D eigenvalue weighted by Crippen LogP contribution is -2.30. The molecule has 0 bridgehead atoms. The second-order valence-corrected chi connectivity index (χ2v) is 4.81. The van der Waals surface area contributed by atoms with Crippen LogP contribution in [0.3, 0.4) is 0 Å². The summed E-state index contributed by atoms with van der Waals surface area (Å²) in [7, 11) is 7.36. The minimum absolute atomic E-state index is 0.0739. The molecule has 0 heterocycles. The molecular weight excluding hydrogens is 242 g/mol. The number of carbonyl (C=O) groups excluding carboxylic acids is 1. The number of nitrogens with zero attached hydrogens (tertiary/aromatic N) is 2. The summed E-state index contributed by atoms with van der Waals surface area (Å²) >= 11 is 0. The Labute approximate surface area is 114 Å². The molecule has 1 aromatic rings. The first kappa shape index (κ1) is 15.3. The number of rotatable bonds is 6. The first-order chi connectivity index (χ1) is 8.97. The molecule has 0 fully saturated rings. The summed E-state index contributed by atoms with van der Waals surface area (Å²) in [5.41, 5.74) is 6.82. The standard InChI is InChI=1S/C14H23N3O2/c1-16(2)9-6-10-17(3)14(18)11-7-5-8-12(19-4)13(11)15/h5,7-8H,6,9-10,15H2,1-4H3. The van der Waals surface area contributed by atoms with Gasteiger partial charge in [-0.25, -0.2) is 0 Å². The summed E-state index contributed by atoms with van der Waals surface area (Å²) < 4.78 is 5.13. The van der Waals surface area contributed by atoms with E-state index in [0.717, 1.165) is 13.0 Å². The van der Waals surface area contributed by atoms with E-state index in [4.69, 9.17) is 10.5 Å².